The summed E-state index contributed by atoms with van der Waals surface area (Å²) in [4.78, 5) is 11.3. The van der Waals surface area contributed by atoms with Crippen molar-refractivity contribution in [2.75, 3.05) is 0 Å². The summed E-state index contributed by atoms with van der Waals surface area (Å²) in [6.45, 7) is 0. The minimum atomic E-state index is -0.597. The normalized spacial score (nSPS) is 9.93. The molecule has 1 aromatic carbocycles. The molecular formula is C10H4NO2Se. The second kappa shape index (κ2) is 3.30. The fourth-order valence-corrected chi connectivity index (χ4v) is 1.84. The van der Waals surface area contributed by atoms with Crippen LogP contribution in [0, 0.1) is 11.3 Å². The molecule has 1 heterocycles. The van der Waals surface area contributed by atoms with Crippen LogP contribution in [0.25, 0.3) is 11.0 Å². The van der Waals surface area contributed by atoms with E-state index in [4.69, 9.17) is 9.68 Å². The SMILES string of the molecule is N#Cc1c([Se])c2ccccc2oc1=O. The molecule has 4 heteroatoms. The van der Waals surface area contributed by atoms with E-state index >= 15 is 0 Å². The molecule has 0 bridgehead atoms. The van der Waals surface area contributed by atoms with Crippen LogP contribution in [0.15, 0.2) is 33.5 Å². The Bertz CT molecular complexity index is 595. The molecule has 0 aliphatic heterocycles. The van der Waals surface area contributed by atoms with Gasteiger partial charge in [0.25, 0.3) is 0 Å². The monoisotopic (exact) mass is 250 g/mol. The molecule has 0 saturated heterocycles. The van der Waals surface area contributed by atoms with Crippen LogP contribution in [0.2, 0.25) is 0 Å². The van der Waals surface area contributed by atoms with Crippen LogP contribution in [0.4, 0.5) is 0 Å². The average Bonchev–Trinajstić information content (AvgIpc) is 2.18. The number of hydrogen-bond acceptors (Lipinski definition) is 3. The van der Waals surface area contributed by atoms with Gasteiger partial charge in [0.15, 0.2) is 0 Å². The van der Waals surface area contributed by atoms with E-state index in [0.29, 0.717) is 10.0 Å². The minimum absolute atomic E-state index is 0.0312. The molecule has 0 amide bonds. The van der Waals surface area contributed by atoms with E-state index in [9.17, 15) is 4.79 Å². The summed E-state index contributed by atoms with van der Waals surface area (Å²) >= 11 is 2.72. The zero-order valence-corrected chi connectivity index (χ0v) is 8.69. The molecule has 0 aliphatic carbocycles. The maximum atomic E-state index is 11.3. The molecule has 0 fully saturated rings. The maximum absolute atomic E-state index is 11.3. The van der Waals surface area contributed by atoms with E-state index < -0.39 is 5.63 Å². The van der Waals surface area contributed by atoms with Gasteiger partial charge in [0.1, 0.15) is 0 Å². The predicted molar refractivity (Wildman–Crippen MR) is 52.6 cm³/mol. The van der Waals surface area contributed by atoms with Gasteiger partial charge in [-0.25, -0.2) is 0 Å². The van der Waals surface area contributed by atoms with E-state index in [0.717, 1.165) is 5.39 Å². The summed E-state index contributed by atoms with van der Waals surface area (Å²) in [7, 11) is 0. The van der Waals surface area contributed by atoms with Crippen LogP contribution in [0.5, 0.6) is 0 Å². The Hall–Kier alpha value is -1.56. The summed E-state index contributed by atoms with van der Waals surface area (Å²) < 4.78 is 5.52. The van der Waals surface area contributed by atoms with Gasteiger partial charge >= 0.3 is 87.4 Å². The van der Waals surface area contributed by atoms with E-state index in [-0.39, 0.29) is 5.56 Å². The molecule has 0 N–H and O–H groups in total. The summed E-state index contributed by atoms with van der Waals surface area (Å²) in [6, 6.07) is 8.91. The number of benzene rings is 1. The van der Waals surface area contributed by atoms with E-state index in [1.807, 2.05) is 12.1 Å². The van der Waals surface area contributed by atoms with Crippen molar-refractivity contribution < 1.29 is 4.42 Å². The topological polar surface area (TPSA) is 54.0 Å². The van der Waals surface area contributed by atoms with Crippen molar-refractivity contribution in [3.8, 4) is 6.07 Å². The second-order valence-electron chi connectivity index (χ2n) is 2.70. The first kappa shape index (κ1) is 9.01. The average molecular weight is 249 g/mol. The summed E-state index contributed by atoms with van der Waals surface area (Å²) in [5.41, 5.74) is -0.0751. The van der Waals surface area contributed by atoms with Gasteiger partial charge in [0.2, 0.25) is 0 Å². The zero-order valence-electron chi connectivity index (χ0n) is 6.98. The van der Waals surface area contributed by atoms with Gasteiger partial charge in [-0.3, -0.25) is 0 Å². The molecule has 14 heavy (non-hydrogen) atoms. The Morgan fingerprint density at radius 2 is 2.07 bits per heavy atom. The third-order valence-corrected chi connectivity index (χ3v) is 2.77. The first-order valence-electron chi connectivity index (χ1n) is 3.87. The van der Waals surface area contributed by atoms with Crippen LogP contribution in [-0.2, 0) is 0 Å². The molecule has 1 radical (unpaired) electrons. The van der Waals surface area contributed by atoms with Crippen molar-refractivity contribution >= 4 is 31.4 Å². The Labute approximate surface area is 87.8 Å². The number of para-hydroxylation sites is 1. The van der Waals surface area contributed by atoms with Crippen molar-refractivity contribution in [1.82, 2.24) is 0 Å². The van der Waals surface area contributed by atoms with Gasteiger partial charge in [0, 0.05) is 0 Å². The van der Waals surface area contributed by atoms with Crippen LogP contribution in [0.1, 0.15) is 5.56 Å². The fraction of sp³-hybridized carbons (Fsp3) is 0. The Kier molecular flexibility index (Phi) is 2.12. The molecule has 2 rings (SSSR count). The fourth-order valence-electron chi connectivity index (χ4n) is 1.22. The number of rotatable bonds is 0. The van der Waals surface area contributed by atoms with Crippen LogP contribution < -0.4 is 10.1 Å². The van der Waals surface area contributed by atoms with Gasteiger partial charge < -0.3 is 0 Å². The van der Waals surface area contributed by atoms with Crippen LogP contribution >= 0.6 is 0 Å². The van der Waals surface area contributed by atoms with E-state index in [2.05, 4.69) is 16.0 Å². The number of nitriles is 1. The Morgan fingerprint density at radius 3 is 2.79 bits per heavy atom. The quantitative estimate of drug-likeness (QED) is 0.503. The summed E-state index contributed by atoms with van der Waals surface area (Å²) in [5.74, 6) is 0. The molecule has 2 aromatic rings. The predicted octanol–water partition coefficient (Wildman–Crippen LogP) is 0.458. The number of fused-ring (bicyclic) bond motifs is 1. The van der Waals surface area contributed by atoms with E-state index in [1.54, 1.807) is 18.2 Å². The van der Waals surface area contributed by atoms with Gasteiger partial charge in [-0.2, -0.15) is 0 Å². The molecule has 0 saturated carbocycles. The van der Waals surface area contributed by atoms with Crippen LogP contribution in [-0.4, -0.2) is 16.0 Å². The molecular weight excluding hydrogens is 245 g/mol. The Morgan fingerprint density at radius 1 is 1.36 bits per heavy atom. The van der Waals surface area contributed by atoms with Crippen molar-refractivity contribution in [2.45, 2.75) is 0 Å². The molecule has 0 aliphatic rings. The van der Waals surface area contributed by atoms with Crippen molar-refractivity contribution in [1.29, 1.82) is 5.26 Å². The molecule has 0 spiro atoms. The van der Waals surface area contributed by atoms with Gasteiger partial charge in [-0.15, -0.1) is 0 Å². The zero-order chi connectivity index (χ0) is 10.1. The molecule has 67 valence electrons. The van der Waals surface area contributed by atoms with Crippen LogP contribution in [0.3, 0.4) is 0 Å². The van der Waals surface area contributed by atoms with Crippen molar-refractivity contribution in [3.63, 3.8) is 0 Å². The first-order valence-corrected chi connectivity index (χ1v) is 4.72. The molecule has 0 unspecified atom stereocenters. The van der Waals surface area contributed by atoms with Gasteiger partial charge in [-0.1, -0.05) is 0 Å². The van der Waals surface area contributed by atoms with Crippen molar-refractivity contribution in [2.24, 2.45) is 0 Å². The molecule has 0 atom stereocenters. The number of hydrogen-bond donors (Lipinski definition) is 0. The standard InChI is InChI=1S/C10H4NO2Se/c11-5-7-9(14)6-3-1-2-4-8(6)13-10(7)12/h1-4H. The summed E-state index contributed by atoms with van der Waals surface area (Å²) in [5, 5.41) is 9.48. The Balaban J connectivity index is 3.02. The number of nitrogens with zero attached hydrogens (tertiary/aromatic N) is 1. The summed E-state index contributed by atoms with van der Waals surface area (Å²) in [6.07, 6.45) is 0. The second-order valence-corrected chi connectivity index (χ2v) is 3.56. The third kappa shape index (κ3) is 1.24. The van der Waals surface area contributed by atoms with Gasteiger partial charge in [0.05, 0.1) is 0 Å². The first-order chi connectivity index (χ1) is 6.74. The third-order valence-electron chi connectivity index (χ3n) is 1.88. The molecule has 3 nitrogen and oxygen atoms in total. The van der Waals surface area contributed by atoms with Crippen molar-refractivity contribution in [3.05, 3.63) is 40.2 Å². The van der Waals surface area contributed by atoms with Gasteiger partial charge in [-0.05, 0) is 0 Å². The van der Waals surface area contributed by atoms with E-state index in [1.165, 1.54) is 0 Å². The molecule has 1 aromatic heterocycles.